The molecule has 0 saturated carbocycles. The third-order valence-electron chi connectivity index (χ3n) is 1.70. The van der Waals surface area contributed by atoms with Crippen LogP contribution in [0, 0.1) is 0 Å². The molecule has 1 rings (SSSR count). The molecule has 0 aromatic carbocycles. The average molecular weight is 180 g/mol. The van der Waals surface area contributed by atoms with Gasteiger partial charge in [0, 0.05) is 13.1 Å². The van der Waals surface area contributed by atoms with Crippen LogP contribution in [0.5, 0.6) is 0 Å². The SMILES string of the molecule is C=CCNCc1ncnn1CCC. The Labute approximate surface area is 78.7 Å². The zero-order valence-electron chi connectivity index (χ0n) is 8.03. The predicted octanol–water partition coefficient (Wildman–Crippen LogP) is 0.964. The number of hydrogen-bond acceptors (Lipinski definition) is 3. The maximum Gasteiger partial charge on any atom is 0.140 e. The normalized spacial score (nSPS) is 10.2. The maximum absolute atomic E-state index is 4.16. The molecule has 13 heavy (non-hydrogen) atoms. The lowest BCUT2D eigenvalue weighted by Crippen LogP contribution is -2.17. The van der Waals surface area contributed by atoms with Gasteiger partial charge in [0.05, 0.1) is 6.54 Å². The van der Waals surface area contributed by atoms with Gasteiger partial charge < -0.3 is 5.32 Å². The molecule has 0 atom stereocenters. The van der Waals surface area contributed by atoms with Crippen molar-refractivity contribution in [2.75, 3.05) is 6.54 Å². The van der Waals surface area contributed by atoms with Crippen LogP contribution < -0.4 is 5.32 Å². The van der Waals surface area contributed by atoms with Gasteiger partial charge in [-0.25, -0.2) is 9.67 Å². The van der Waals surface area contributed by atoms with Crippen LogP contribution in [-0.4, -0.2) is 21.3 Å². The monoisotopic (exact) mass is 180 g/mol. The van der Waals surface area contributed by atoms with Gasteiger partial charge in [0.15, 0.2) is 0 Å². The summed E-state index contributed by atoms with van der Waals surface area (Å²) in [6.07, 6.45) is 4.51. The van der Waals surface area contributed by atoms with E-state index in [0.717, 1.165) is 31.9 Å². The minimum atomic E-state index is 0.756. The van der Waals surface area contributed by atoms with E-state index in [0.29, 0.717) is 0 Å². The van der Waals surface area contributed by atoms with Crippen LogP contribution >= 0.6 is 0 Å². The van der Waals surface area contributed by atoms with Gasteiger partial charge in [-0.2, -0.15) is 5.10 Å². The summed E-state index contributed by atoms with van der Waals surface area (Å²) >= 11 is 0. The molecule has 0 spiro atoms. The van der Waals surface area contributed by atoms with Crippen LogP contribution in [0.1, 0.15) is 19.2 Å². The second-order valence-corrected chi connectivity index (χ2v) is 2.82. The topological polar surface area (TPSA) is 42.7 Å². The molecule has 0 amide bonds. The van der Waals surface area contributed by atoms with Crippen LogP contribution in [0.25, 0.3) is 0 Å². The highest BCUT2D eigenvalue weighted by molar-refractivity contribution is 4.84. The zero-order chi connectivity index (χ0) is 9.52. The van der Waals surface area contributed by atoms with Crippen molar-refractivity contribution in [1.29, 1.82) is 0 Å². The van der Waals surface area contributed by atoms with Crippen LogP contribution in [0.4, 0.5) is 0 Å². The summed E-state index contributed by atoms with van der Waals surface area (Å²) in [5.41, 5.74) is 0. The molecule has 0 unspecified atom stereocenters. The number of nitrogens with one attached hydrogen (secondary N) is 1. The van der Waals surface area contributed by atoms with Gasteiger partial charge in [-0.1, -0.05) is 13.0 Å². The van der Waals surface area contributed by atoms with Crippen molar-refractivity contribution in [3.8, 4) is 0 Å². The van der Waals surface area contributed by atoms with Crippen molar-refractivity contribution in [1.82, 2.24) is 20.1 Å². The van der Waals surface area contributed by atoms with Crippen LogP contribution in [-0.2, 0) is 13.1 Å². The molecule has 1 N–H and O–H groups in total. The van der Waals surface area contributed by atoms with Crippen molar-refractivity contribution in [3.63, 3.8) is 0 Å². The summed E-state index contributed by atoms with van der Waals surface area (Å²) in [4.78, 5) is 4.16. The first kappa shape index (κ1) is 9.92. The average Bonchev–Trinajstić information content (AvgIpc) is 2.54. The third kappa shape index (κ3) is 2.99. The number of nitrogens with zero attached hydrogens (tertiary/aromatic N) is 3. The standard InChI is InChI=1S/C9H16N4/c1-3-5-10-7-9-11-8-12-13(9)6-4-2/h3,8,10H,1,4-7H2,2H3. The van der Waals surface area contributed by atoms with Gasteiger partial charge in [0.1, 0.15) is 12.2 Å². The van der Waals surface area contributed by atoms with E-state index in [2.05, 4.69) is 28.9 Å². The summed E-state index contributed by atoms with van der Waals surface area (Å²) in [5, 5.41) is 7.32. The Hall–Kier alpha value is -1.16. The predicted molar refractivity (Wildman–Crippen MR) is 52.2 cm³/mol. The molecule has 72 valence electrons. The van der Waals surface area contributed by atoms with Crippen molar-refractivity contribution in [3.05, 3.63) is 24.8 Å². The fraction of sp³-hybridized carbons (Fsp3) is 0.556. The Morgan fingerprint density at radius 1 is 1.69 bits per heavy atom. The van der Waals surface area contributed by atoms with E-state index in [9.17, 15) is 0 Å². The molecular weight excluding hydrogens is 164 g/mol. The largest absolute Gasteiger partial charge is 0.306 e. The third-order valence-corrected chi connectivity index (χ3v) is 1.70. The maximum atomic E-state index is 4.16. The van der Waals surface area contributed by atoms with E-state index >= 15 is 0 Å². The van der Waals surface area contributed by atoms with E-state index in [1.165, 1.54) is 0 Å². The molecule has 1 heterocycles. The van der Waals surface area contributed by atoms with E-state index in [-0.39, 0.29) is 0 Å². The van der Waals surface area contributed by atoms with Crippen molar-refractivity contribution < 1.29 is 0 Å². The molecular formula is C9H16N4. The lowest BCUT2D eigenvalue weighted by molar-refractivity contribution is 0.551. The zero-order valence-corrected chi connectivity index (χ0v) is 8.03. The fourth-order valence-electron chi connectivity index (χ4n) is 1.11. The van der Waals surface area contributed by atoms with Crippen LogP contribution in [0.15, 0.2) is 19.0 Å². The van der Waals surface area contributed by atoms with Gasteiger partial charge >= 0.3 is 0 Å². The molecule has 0 radical (unpaired) electrons. The highest BCUT2D eigenvalue weighted by Crippen LogP contribution is 1.94. The Bertz CT molecular complexity index is 254. The first-order chi connectivity index (χ1) is 6.38. The molecule has 0 saturated heterocycles. The highest BCUT2D eigenvalue weighted by Gasteiger charge is 2.00. The van der Waals surface area contributed by atoms with Crippen molar-refractivity contribution in [2.45, 2.75) is 26.4 Å². The molecule has 1 aromatic rings. The first-order valence-electron chi connectivity index (χ1n) is 4.56. The molecule has 0 fully saturated rings. The summed E-state index contributed by atoms with van der Waals surface area (Å²) < 4.78 is 1.93. The summed E-state index contributed by atoms with van der Waals surface area (Å²) in [5.74, 6) is 0.990. The molecule has 0 aliphatic rings. The van der Waals surface area contributed by atoms with Crippen LogP contribution in [0.3, 0.4) is 0 Å². The van der Waals surface area contributed by atoms with Gasteiger partial charge in [-0.15, -0.1) is 6.58 Å². The molecule has 0 aliphatic carbocycles. The Morgan fingerprint density at radius 3 is 3.23 bits per heavy atom. The summed E-state index contributed by atoms with van der Waals surface area (Å²) in [6.45, 7) is 8.26. The van der Waals surface area contributed by atoms with Gasteiger partial charge in [-0.05, 0) is 6.42 Å². The molecule has 4 heteroatoms. The van der Waals surface area contributed by atoms with Gasteiger partial charge in [0.25, 0.3) is 0 Å². The molecule has 0 aliphatic heterocycles. The molecule has 1 aromatic heterocycles. The minimum absolute atomic E-state index is 0.756. The minimum Gasteiger partial charge on any atom is -0.306 e. The van der Waals surface area contributed by atoms with Crippen molar-refractivity contribution in [2.24, 2.45) is 0 Å². The second-order valence-electron chi connectivity index (χ2n) is 2.82. The number of hydrogen-bond donors (Lipinski definition) is 1. The lowest BCUT2D eigenvalue weighted by Gasteiger charge is -2.03. The van der Waals surface area contributed by atoms with Crippen LogP contribution in [0.2, 0.25) is 0 Å². The number of aryl methyl sites for hydroxylation is 1. The van der Waals surface area contributed by atoms with E-state index in [4.69, 9.17) is 0 Å². The quantitative estimate of drug-likeness (QED) is 0.524. The molecule has 4 nitrogen and oxygen atoms in total. The second kappa shape index (κ2) is 5.48. The Morgan fingerprint density at radius 2 is 2.54 bits per heavy atom. The van der Waals surface area contributed by atoms with Crippen molar-refractivity contribution >= 4 is 0 Å². The smallest absolute Gasteiger partial charge is 0.140 e. The molecule has 0 bridgehead atoms. The number of rotatable bonds is 6. The lowest BCUT2D eigenvalue weighted by atomic mass is 10.4. The summed E-state index contributed by atoms with van der Waals surface area (Å²) in [7, 11) is 0. The number of aromatic nitrogens is 3. The van der Waals surface area contributed by atoms with E-state index in [1.54, 1.807) is 6.33 Å². The summed E-state index contributed by atoms with van der Waals surface area (Å²) in [6, 6.07) is 0. The fourth-order valence-corrected chi connectivity index (χ4v) is 1.11. The van der Waals surface area contributed by atoms with Gasteiger partial charge in [-0.3, -0.25) is 0 Å². The Kier molecular flexibility index (Phi) is 4.18. The first-order valence-corrected chi connectivity index (χ1v) is 4.56. The van der Waals surface area contributed by atoms with E-state index < -0.39 is 0 Å². The highest BCUT2D eigenvalue weighted by atomic mass is 15.3. The van der Waals surface area contributed by atoms with Gasteiger partial charge in [0.2, 0.25) is 0 Å². The van der Waals surface area contributed by atoms with E-state index in [1.807, 2.05) is 10.8 Å². The Balaban J connectivity index is 2.44.